The summed E-state index contributed by atoms with van der Waals surface area (Å²) in [5, 5.41) is 27.1. The average Bonchev–Trinajstić information content (AvgIpc) is 3.12. The van der Waals surface area contributed by atoms with Crippen molar-refractivity contribution in [2.45, 2.75) is 5.92 Å². The first-order chi connectivity index (χ1) is 13.5. The number of aromatic amines is 1. The summed E-state index contributed by atoms with van der Waals surface area (Å²) in [6.45, 7) is 0. The topological polar surface area (TPSA) is 130 Å². The summed E-state index contributed by atoms with van der Waals surface area (Å²) in [6, 6.07) is 9.18. The van der Waals surface area contributed by atoms with Gasteiger partial charge in [0.1, 0.15) is 11.6 Å². The summed E-state index contributed by atoms with van der Waals surface area (Å²) in [6.07, 6.45) is 3.35. The monoisotopic (exact) mass is 439 g/mol. The zero-order chi connectivity index (χ0) is 19.8. The Morgan fingerprint density at radius 1 is 1.43 bits per heavy atom. The lowest BCUT2D eigenvalue weighted by molar-refractivity contribution is 0.369. The summed E-state index contributed by atoms with van der Waals surface area (Å²) in [5.74, 6) is -0.0854. The van der Waals surface area contributed by atoms with Gasteiger partial charge in [0.05, 0.1) is 28.8 Å². The van der Waals surface area contributed by atoms with Crippen molar-refractivity contribution in [3.05, 3.63) is 63.7 Å². The lowest BCUT2D eigenvalue weighted by Crippen LogP contribution is -2.21. The van der Waals surface area contributed by atoms with Crippen LogP contribution in [0.15, 0.2) is 52.6 Å². The quantitative estimate of drug-likeness (QED) is 0.570. The van der Waals surface area contributed by atoms with Crippen molar-refractivity contribution >= 4 is 15.9 Å². The van der Waals surface area contributed by atoms with Crippen LogP contribution in [0.1, 0.15) is 17.0 Å². The summed E-state index contributed by atoms with van der Waals surface area (Å²) in [5.41, 5.74) is 9.01. The lowest BCUT2D eigenvalue weighted by atomic mass is 9.83. The van der Waals surface area contributed by atoms with Gasteiger partial charge in [-0.2, -0.15) is 5.26 Å². The third-order valence-electron chi connectivity index (χ3n) is 4.49. The maximum absolute atomic E-state index is 10.2. The van der Waals surface area contributed by atoms with Crippen LogP contribution in [0, 0.1) is 11.3 Å². The molecule has 4 N–H and O–H groups in total. The molecule has 1 aliphatic heterocycles. The Bertz CT molecular complexity index is 1130. The second-order valence-corrected chi connectivity index (χ2v) is 6.89. The molecule has 0 saturated carbocycles. The molecule has 9 heteroatoms. The van der Waals surface area contributed by atoms with Crippen LogP contribution < -0.4 is 15.2 Å². The molecule has 0 saturated heterocycles. The van der Waals surface area contributed by atoms with Crippen LogP contribution in [0.2, 0.25) is 0 Å². The van der Waals surface area contributed by atoms with Gasteiger partial charge in [0.2, 0.25) is 11.8 Å². The van der Waals surface area contributed by atoms with Gasteiger partial charge in [-0.3, -0.25) is 10.1 Å². The van der Waals surface area contributed by atoms with Gasteiger partial charge in [-0.15, -0.1) is 5.10 Å². The fourth-order valence-electron chi connectivity index (χ4n) is 3.23. The second-order valence-electron chi connectivity index (χ2n) is 6.04. The van der Waals surface area contributed by atoms with E-state index in [0.717, 1.165) is 5.56 Å². The maximum atomic E-state index is 10.2. The van der Waals surface area contributed by atoms with E-state index in [9.17, 15) is 10.4 Å². The van der Waals surface area contributed by atoms with Crippen molar-refractivity contribution in [3.63, 3.8) is 0 Å². The molecule has 0 unspecified atom stereocenters. The number of H-pyrrole nitrogens is 1. The van der Waals surface area contributed by atoms with Gasteiger partial charge in [-0.05, 0) is 45.8 Å². The first kappa shape index (κ1) is 17.9. The number of hydrogen-bond acceptors (Lipinski definition) is 7. The Labute approximate surface area is 168 Å². The number of pyridine rings is 1. The summed E-state index contributed by atoms with van der Waals surface area (Å²) < 4.78 is 11.3. The van der Waals surface area contributed by atoms with Gasteiger partial charge in [0.15, 0.2) is 11.5 Å². The van der Waals surface area contributed by atoms with E-state index < -0.39 is 5.92 Å². The minimum absolute atomic E-state index is 0.0209. The van der Waals surface area contributed by atoms with Crippen LogP contribution in [-0.4, -0.2) is 27.4 Å². The number of methoxy groups -OCH3 is 1. The predicted octanol–water partition coefficient (Wildman–Crippen LogP) is 3.17. The molecule has 8 nitrogen and oxygen atoms in total. The van der Waals surface area contributed by atoms with E-state index in [4.69, 9.17) is 15.2 Å². The predicted molar refractivity (Wildman–Crippen MR) is 103 cm³/mol. The van der Waals surface area contributed by atoms with E-state index in [1.165, 1.54) is 7.11 Å². The fourth-order valence-corrected chi connectivity index (χ4v) is 3.68. The van der Waals surface area contributed by atoms with Gasteiger partial charge in [0.25, 0.3) is 0 Å². The number of nitriles is 1. The Balaban J connectivity index is 1.98. The van der Waals surface area contributed by atoms with Crippen LogP contribution in [0.3, 0.4) is 0 Å². The van der Waals surface area contributed by atoms with E-state index >= 15 is 0 Å². The molecular weight excluding hydrogens is 426 g/mol. The minimum atomic E-state index is -0.575. The Morgan fingerprint density at radius 3 is 2.93 bits per heavy atom. The smallest absolute Gasteiger partial charge is 0.244 e. The number of nitrogens with zero attached hydrogens (tertiary/aromatic N) is 3. The van der Waals surface area contributed by atoms with Gasteiger partial charge in [-0.1, -0.05) is 0 Å². The summed E-state index contributed by atoms with van der Waals surface area (Å²) in [4.78, 5) is 4.14. The molecule has 3 heterocycles. The highest BCUT2D eigenvalue weighted by atomic mass is 79.9. The van der Waals surface area contributed by atoms with Gasteiger partial charge in [-0.25, -0.2) is 0 Å². The van der Waals surface area contributed by atoms with Crippen LogP contribution in [0.5, 0.6) is 17.4 Å². The second kappa shape index (κ2) is 6.90. The number of halogens is 1. The molecule has 4 rings (SSSR count). The van der Waals surface area contributed by atoms with Crippen molar-refractivity contribution in [3.8, 4) is 34.7 Å². The Kier molecular flexibility index (Phi) is 4.41. The molecule has 0 spiro atoms. The highest BCUT2D eigenvalue weighted by Gasteiger charge is 2.36. The number of phenolic OH excluding ortho intramolecular Hbond substituents is 1. The molecule has 0 amide bonds. The first-order valence-corrected chi connectivity index (χ1v) is 8.97. The number of phenols is 1. The number of aromatic nitrogens is 3. The number of benzene rings is 1. The highest BCUT2D eigenvalue weighted by molar-refractivity contribution is 9.10. The lowest BCUT2D eigenvalue weighted by Gasteiger charge is -2.24. The number of nitrogens with one attached hydrogen (secondary N) is 1. The number of nitrogens with two attached hydrogens (primary N) is 1. The number of ether oxygens (including phenoxy) is 2. The average molecular weight is 440 g/mol. The molecule has 3 aromatic rings. The standard InChI is InChI=1S/C19H14BrN5O3/c1-27-13-6-10(5-12(20)17(13)26)14-11(7-21)18(22)28-19-15(14)16(24-25-19)9-3-2-4-23-8-9/h2-6,8,14,26H,22H2,1H3,(H,24,25)/t14-/m1/s1. The Hall–Kier alpha value is -3.51. The molecule has 1 aliphatic rings. The molecule has 28 heavy (non-hydrogen) atoms. The van der Waals surface area contributed by atoms with Crippen molar-refractivity contribution in [1.82, 2.24) is 15.2 Å². The highest BCUT2D eigenvalue weighted by Crippen LogP contribution is 2.48. The molecule has 0 bridgehead atoms. The van der Waals surface area contributed by atoms with Crippen LogP contribution in [-0.2, 0) is 0 Å². The maximum Gasteiger partial charge on any atom is 0.244 e. The number of fused-ring (bicyclic) bond motifs is 1. The zero-order valence-corrected chi connectivity index (χ0v) is 16.2. The van der Waals surface area contributed by atoms with Crippen molar-refractivity contribution in [1.29, 1.82) is 5.26 Å². The van der Waals surface area contributed by atoms with Crippen LogP contribution in [0.25, 0.3) is 11.3 Å². The molecule has 0 aliphatic carbocycles. The molecule has 2 aromatic heterocycles. The van der Waals surface area contributed by atoms with Crippen LogP contribution >= 0.6 is 15.9 Å². The van der Waals surface area contributed by atoms with Crippen molar-refractivity contribution in [2.24, 2.45) is 5.73 Å². The van der Waals surface area contributed by atoms with E-state index in [1.54, 1.807) is 30.6 Å². The summed E-state index contributed by atoms with van der Waals surface area (Å²) in [7, 11) is 1.45. The summed E-state index contributed by atoms with van der Waals surface area (Å²) >= 11 is 3.33. The third-order valence-corrected chi connectivity index (χ3v) is 5.10. The van der Waals surface area contributed by atoms with E-state index in [-0.39, 0.29) is 28.8 Å². The van der Waals surface area contributed by atoms with Gasteiger partial charge in [0, 0.05) is 18.0 Å². The van der Waals surface area contributed by atoms with E-state index in [1.807, 2.05) is 6.07 Å². The zero-order valence-electron chi connectivity index (χ0n) is 14.6. The SMILES string of the molecule is COc1cc([C@@H]2C(C#N)=C(N)Oc3n[nH]c(-c4cccnc4)c32)cc(Br)c1O. The number of allylic oxidation sites excluding steroid dienone is 1. The largest absolute Gasteiger partial charge is 0.503 e. The van der Waals surface area contributed by atoms with Gasteiger partial charge < -0.3 is 20.3 Å². The van der Waals surface area contributed by atoms with Gasteiger partial charge >= 0.3 is 0 Å². The number of aromatic hydroxyl groups is 1. The normalized spacial score (nSPS) is 15.5. The van der Waals surface area contributed by atoms with E-state index in [2.05, 4.69) is 37.2 Å². The fraction of sp³-hybridized carbons (Fsp3) is 0.105. The third kappa shape index (κ3) is 2.75. The molecule has 0 fully saturated rings. The van der Waals surface area contributed by atoms with Crippen LogP contribution in [0.4, 0.5) is 0 Å². The van der Waals surface area contributed by atoms with Crippen molar-refractivity contribution in [2.75, 3.05) is 7.11 Å². The Morgan fingerprint density at radius 2 is 2.25 bits per heavy atom. The first-order valence-electron chi connectivity index (χ1n) is 8.17. The molecular formula is C19H14BrN5O3. The molecule has 140 valence electrons. The number of rotatable bonds is 3. The molecule has 1 aromatic carbocycles. The molecule has 1 atom stereocenters. The molecule has 0 radical (unpaired) electrons. The van der Waals surface area contributed by atoms with Crippen molar-refractivity contribution < 1.29 is 14.6 Å². The minimum Gasteiger partial charge on any atom is -0.503 e. The van der Waals surface area contributed by atoms with E-state index in [0.29, 0.717) is 21.3 Å². The number of hydrogen-bond donors (Lipinski definition) is 3.